The van der Waals surface area contributed by atoms with Crippen LogP contribution in [-0.4, -0.2) is 15.5 Å². The zero-order valence-corrected chi connectivity index (χ0v) is 13.2. The summed E-state index contributed by atoms with van der Waals surface area (Å²) in [7, 11) is 0. The third-order valence-electron chi connectivity index (χ3n) is 3.77. The first-order valence-electron chi connectivity index (χ1n) is 7.16. The molecule has 0 unspecified atom stereocenters. The van der Waals surface area contributed by atoms with E-state index in [0.29, 0.717) is 0 Å². The number of benzene rings is 3. The van der Waals surface area contributed by atoms with E-state index in [-0.39, 0.29) is 0 Å². The standard InChI is InChI=1S/C19H15O.Al.O/c20-19(16-10-4-1-5-11-16,17-12-6-2-7-13-17)18-14-8-3-9-15-18;;/h1-15H;;/q-1;+1;. The number of hydrogen-bond acceptors (Lipinski definition) is 2. The van der Waals surface area contributed by atoms with Crippen molar-refractivity contribution in [3.8, 4) is 0 Å². The zero-order chi connectivity index (χ0) is 15.3. The molecule has 0 aliphatic carbocycles. The van der Waals surface area contributed by atoms with Crippen LogP contribution in [0.4, 0.5) is 0 Å². The number of hydrogen-bond donors (Lipinski definition) is 0. The maximum absolute atomic E-state index is 11.5. The van der Waals surface area contributed by atoms with Gasteiger partial charge in [-0.3, -0.25) is 0 Å². The monoisotopic (exact) mass is 302 g/mol. The molecule has 0 radical (unpaired) electrons. The first-order chi connectivity index (χ1) is 10.9. The van der Waals surface area contributed by atoms with Crippen LogP contribution in [0.15, 0.2) is 91.0 Å². The summed E-state index contributed by atoms with van der Waals surface area (Å²) in [6.07, 6.45) is 0. The Morgan fingerprint density at radius 3 is 1.18 bits per heavy atom. The molecule has 3 heteroatoms. The third-order valence-corrected chi connectivity index (χ3v) is 4.22. The molecule has 0 spiro atoms. The molecule has 3 rings (SSSR count). The summed E-state index contributed by atoms with van der Waals surface area (Å²) in [6, 6.07) is 29.8. The van der Waals surface area contributed by atoms with Crippen LogP contribution in [0.25, 0.3) is 0 Å². The molecule has 0 saturated heterocycles. The van der Waals surface area contributed by atoms with Crippen LogP contribution in [0.1, 0.15) is 16.7 Å². The third kappa shape index (κ3) is 2.62. The molecule has 0 aliphatic rings. The summed E-state index contributed by atoms with van der Waals surface area (Å²) in [5.41, 5.74) is 2.06. The molecule has 0 atom stereocenters. The van der Waals surface area contributed by atoms with E-state index in [0.717, 1.165) is 16.7 Å². The Labute approximate surface area is 136 Å². The van der Waals surface area contributed by atoms with Crippen molar-refractivity contribution in [2.24, 2.45) is 0 Å². The van der Waals surface area contributed by atoms with E-state index in [4.69, 9.17) is 3.79 Å². The van der Waals surface area contributed by atoms with Crippen LogP contribution >= 0.6 is 0 Å². The fraction of sp³-hybridized carbons (Fsp3) is 0.0526. The van der Waals surface area contributed by atoms with Gasteiger partial charge in [-0.15, -0.1) is 0 Å². The molecular formula is C19H15AlO2. The van der Waals surface area contributed by atoms with Gasteiger partial charge in [0, 0.05) is 0 Å². The predicted molar refractivity (Wildman–Crippen MR) is 86.7 cm³/mol. The average Bonchev–Trinajstić information content (AvgIpc) is 2.62. The van der Waals surface area contributed by atoms with E-state index >= 15 is 0 Å². The van der Waals surface area contributed by atoms with E-state index in [1.807, 2.05) is 91.0 Å². The van der Waals surface area contributed by atoms with Gasteiger partial charge in [0.1, 0.15) is 0 Å². The van der Waals surface area contributed by atoms with Crippen molar-refractivity contribution in [3.63, 3.8) is 0 Å². The summed E-state index contributed by atoms with van der Waals surface area (Å²) in [4.78, 5) is 0. The molecule has 3 aromatic carbocycles. The van der Waals surface area contributed by atoms with E-state index in [1.54, 1.807) is 0 Å². The van der Waals surface area contributed by atoms with Crippen molar-refractivity contribution in [3.05, 3.63) is 108 Å². The van der Waals surface area contributed by atoms with E-state index < -0.39 is 21.1 Å². The van der Waals surface area contributed by atoms with E-state index in [2.05, 4.69) is 0 Å². The average molecular weight is 302 g/mol. The van der Waals surface area contributed by atoms with Crippen LogP contribution < -0.4 is 0 Å². The van der Waals surface area contributed by atoms with Crippen LogP contribution in [0.3, 0.4) is 0 Å². The summed E-state index contributed by atoms with van der Waals surface area (Å²) in [5.74, 6) is 0. The molecule has 2 nitrogen and oxygen atoms in total. The van der Waals surface area contributed by atoms with Gasteiger partial charge in [0.2, 0.25) is 0 Å². The molecule has 0 N–H and O–H groups in total. The molecule has 0 bridgehead atoms. The number of rotatable bonds is 5. The molecule has 0 aromatic heterocycles. The van der Waals surface area contributed by atoms with Gasteiger partial charge in [-0.05, 0) is 0 Å². The van der Waals surface area contributed by atoms with Gasteiger partial charge in [-0.25, -0.2) is 0 Å². The second-order valence-corrected chi connectivity index (χ2v) is 5.42. The Kier molecular flexibility index (Phi) is 4.48. The quantitative estimate of drug-likeness (QED) is 0.527. The van der Waals surface area contributed by atoms with Crippen LogP contribution in [0.2, 0.25) is 0 Å². The summed E-state index contributed by atoms with van der Waals surface area (Å²) >= 11 is -1.37. The fourth-order valence-corrected chi connectivity index (χ4v) is 3.35. The van der Waals surface area contributed by atoms with E-state index in [1.165, 1.54) is 0 Å². The van der Waals surface area contributed by atoms with Crippen molar-refractivity contribution in [2.45, 2.75) is 5.60 Å². The van der Waals surface area contributed by atoms with Gasteiger partial charge in [-0.1, -0.05) is 0 Å². The summed E-state index contributed by atoms with van der Waals surface area (Å²) < 4.78 is 17.4. The van der Waals surface area contributed by atoms with Gasteiger partial charge in [-0.2, -0.15) is 0 Å². The molecule has 0 saturated carbocycles. The van der Waals surface area contributed by atoms with Crippen molar-refractivity contribution < 1.29 is 7.59 Å². The molecule has 106 valence electrons. The molecule has 0 heterocycles. The minimum absolute atomic E-state index is 0.846. The normalized spacial score (nSPS) is 10.7. The van der Waals surface area contributed by atoms with Crippen LogP contribution in [0, 0.1) is 0 Å². The molecule has 3 aromatic rings. The first-order valence-corrected chi connectivity index (χ1v) is 8.10. The van der Waals surface area contributed by atoms with Gasteiger partial charge in [0.15, 0.2) is 0 Å². The minimum atomic E-state index is -1.37. The van der Waals surface area contributed by atoms with Crippen molar-refractivity contribution in [1.82, 2.24) is 0 Å². The Morgan fingerprint density at radius 1 is 0.591 bits per heavy atom. The van der Waals surface area contributed by atoms with Gasteiger partial charge < -0.3 is 0 Å². The second-order valence-electron chi connectivity index (χ2n) is 4.99. The van der Waals surface area contributed by atoms with Crippen molar-refractivity contribution >= 4 is 15.5 Å². The Balaban J connectivity index is 2.31. The summed E-state index contributed by atoms with van der Waals surface area (Å²) in [5, 5.41) is 0. The second kappa shape index (κ2) is 6.70. The van der Waals surface area contributed by atoms with E-state index in [9.17, 15) is 3.80 Å². The SMILES string of the molecule is [O]=[Al][O]C(c1ccccc1)(c1ccccc1)c1ccccc1. The summed E-state index contributed by atoms with van der Waals surface area (Å²) in [6.45, 7) is 0. The molecular weight excluding hydrogens is 287 g/mol. The maximum atomic E-state index is 11.5. The van der Waals surface area contributed by atoms with Crippen molar-refractivity contribution in [1.29, 1.82) is 0 Å². The van der Waals surface area contributed by atoms with Gasteiger partial charge >= 0.3 is 136 Å². The Morgan fingerprint density at radius 2 is 0.909 bits per heavy atom. The zero-order valence-electron chi connectivity index (χ0n) is 12.1. The molecule has 22 heavy (non-hydrogen) atoms. The van der Waals surface area contributed by atoms with Gasteiger partial charge in [0.25, 0.3) is 0 Å². The van der Waals surface area contributed by atoms with Crippen molar-refractivity contribution in [2.75, 3.05) is 0 Å². The first kappa shape index (κ1) is 14.7. The fourth-order valence-electron chi connectivity index (χ4n) is 2.79. The Hall–Kier alpha value is -2.21. The molecule has 0 amide bonds. The van der Waals surface area contributed by atoms with Crippen LogP contribution in [-0.2, 0) is 13.2 Å². The van der Waals surface area contributed by atoms with Gasteiger partial charge in [0.05, 0.1) is 0 Å². The molecule has 0 fully saturated rings. The topological polar surface area (TPSA) is 26.3 Å². The predicted octanol–water partition coefficient (Wildman–Crippen LogP) is 3.96. The Bertz CT molecular complexity index is 630. The van der Waals surface area contributed by atoms with Crippen LogP contribution in [0.5, 0.6) is 0 Å². The molecule has 0 aliphatic heterocycles.